The van der Waals surface area contributed by atoms with E-state index in [1.165, 1.54) is 0 Å². The first-order valence-corrected chi connectivity index (χ1v) is 6.50. The molecule has 1 aromatic carbocycles. The predicted molar refractivity (Wildman–Crippen MR) is 75.8 cm³/mol. The van der Waals surface area contributed by atoms with Crippen molar-refractivity contribution in [1.82, 2.24) is 0 Å². The molecule has 0 spiro atoms. The fourth-order valence-corrected chi connectivity index (χ4v) is 1.77. The number of carbonyl (C=O) groups is 2. The van der Waals surface area contributed by atoms with E-state index in [4.69, 9.17) is 4.74 Å². The Morgan fingerprint density at radius 2 is 1.90 bits per heavy atom. The third-order valence-electron chi connectivity index (χ3n) is 2.15. The van der Waals surface area contributed by atoms with Crippen LogP contribution in [0, 0.1) is 0 Å². The minimum Gasteiger partial charge on any atom is -0.464 e. The van der Waals surface area contributed by atoms with E-state index < -0.39 is 17.9 Å². The van der Waals surface area contributed by atoms with Gasteiger partial charge >= 0.3 is 17.9 Å². The van der Waals surface area contributed by atoms with Crippen molar-refractivity contribution in [3.63, 3.8) is 0 Å². The maximum atomic E-state index is 13.2. The summed E-state index contributed by atoms with van der Waals surface area (Å²) in [4.78, 5) is 22.4. The third kappa shape index (κ3) is 4.87. The van der Waals surface area contributed by atoms with Crippen LogP contribution in [0.1, 0.15) is 10.4 Å². The van der Waals surface area contributed by atoms with E-state index in [1.54, 1.807) is 52.9 Å². The van der Waals surface area contributed by atoms with Crippen LogP contribution in [-0.4, -0.2) is 31.6 Å². The van der Waals surface area contributed by atoms with Crippen LogP contribution in [0.3, 0.4) is 0 Å². The van der Waals surface area contributed by atoms with Gasteiger partial charge in [-0.15, -0.1) is 0 Å². The van der Waals surface area contributed by atoms with Crippen LogP contribution in [0.25, 0.3) is 0 Å². The molecule has 1 rings (SSSR count). The van der Waals surface area contributed by atoms with Crippen molar-refractivity contribution in [3.8, 4) is 0 Å². The molecule has 0 atom stereocenters. The highest BCUT2D eigenvalue weighted by atomic mass is 127. The van der Waals surface area contributed by atoms with Gasteiger partial charge in [-0.05, 0) is 34.7 Å². The number of carbonyl (C=O) groups excluding carboxylic acids is 2. The highest BCUT2D eigenvalue weighted by molar-refractivity contribution is 14.1. The highest BCUT2D eigenvalue weighted by Gasteiger charge is 2.38. The van der Waals surface area contributed by atoms with Crippen LogP contribution in [0.5, 0.6) is 0 Å². The van der Waals surface area contributed by atoms with E-state index >= 15 is 0 Å². The number of benzene rings is 1. The SMILES string of the molecule is COC(=O)C(F)(F)/C=C(\I)COC(=O)c1ccccc1. The molecule has 0 saturated heterocycles. The summed E-state index contributed by atoms with van der Waals surface area (Å²) >= 11 is 1.57. The number of ether oxygens (including phenoxy) is 2. The maximum absolute atomic E-state index is 13.2. The van der Waals surface area contributed by atoms with Crippen molar-refractivity contribution < 1.29 is 27.8 Å². The third-order valence-corrected chi connectivity index (χ3v) is 2.77. The first-order valence-electron chi connectivity index (χ1n) is 5.42. The van der Waals surface area contributed by atoms with Gasteiger partial charge in [0, 0.05) is 9.66 Å². The van der Waals surface area contributed by atoms with E-state index in [1.807, 2.05) is 0 Å². The van der Waals surface area contributed by atoms with Gasteiger partial charge in [0.05, 0.1) is 12.7 Å². The number of rotatable bonds is 5. The van der Waals surface area contributed by atoms with Crippen LogP contribution in [0.2, 0.25) is 0 Å². The molecule has 0 bridgehead atoms. The van der Waals surface area contributed by atoms with Gasteiger partial charge in [0.1, 0.15) is 6.61 Å². The van der Waals surface area contributed by atoms with E-state index in [-0.39, 0.29) is 10.2 Å². The van der Waals surface area contributed by atoms with Gasteiger partial charge in [0.25, 0.3) is 0 Å². The minimum absolute atomic E-state index is 0.0160. The van der Waals surface area contributed by atoms with Gasteiger partial charge in [-0.1, -0.05) is 18.2 Å². The minimum atomic E-state index is -3.75. The second-order valence-corrected chi connectivity index (χ2v) is 5.03. The average Bonchev–Trinajstić information content (AvgIpc) is 2.44. The zero-order valence-electron chi connectivity index (χ0n) is 10.4. The van der Waals surface area contributed by atoms with Gasteiger partial charge in [-0.3, -0.25) is 0 Å². The van der Waals surface area contributed by atoms with Crippen LogP contribution in [-0.2, 0) is 14.3 Å². The lowest BCUT2D eigenvalue weighted by Gasteiger charge is -2.10. The summed E-state index contributed by atoms with van der Waals surface area (Å²) in [5.74, 6) is -6.04. The molecule has 0 N–H and O–H groups in total. The molecule has 108 valence electrons. The molecule has 0 aliphatic carbocycles. The molecule has 0 saturated carbocycles. The molecule has 0 radical (unpaired) electrons. The van der Waals surface area contributed by atoms with Gasteiger partial charge in [0.2, 0.25) is 0 Å². The molecule has 0 fully saturated rings. The zero-order chi connectivity index (χ0) is 15.2. The number of esters is 2. The van der Waals surface area contributed by atoms with Crippen LogP contribution < -0.4 is 0 Å². The lowest BCUT2D eigenvalue weighted by Crippen LogP contribution is -2.27. The van der Waals surface area contributed by atoms with E-state index in [2.05, 4.69) is 4.74 Å². The normalized spacial score (nSPS) is 11.9. The second kappa shape index (κ2) is 7.32. The predicted octanol–water partition coefficient (Wildman–Crippen LogP) is 2.97. The van der Waals surface area contributed by atoms with Crippen molar-refractivity contribution in [1.29, 1.82) is 0 Å². The summed E-state index contributed by atoms with van der Waals surface area (Å²) in [5, 5.41) is 0. The van der Waals surface area contributed by atoms with Crippen molar-refractivity contribution >= 4 is 34.5 Å². The Morgan fingerprint density at radius 3 is 2.45 bits per heavy atom. The summed E-state index contributed by atoms with van der Waals surface area (Å²) in [6.07, 6.45) is 0.400. The number of halogens is 3. The van der Waals surface area contributed by atoms with Crippen LogP contribution >= 0.6 is 22.6 Å². The van der Waals surface area contributed by atoms with E-state index in [0.717, 1.165) is 7.11 Å². The number of methoxy groups -OCH3 is 1. The van der Waals surface area contributed by atoms with Crippen molar-refractivity contribution in [2.45, 2.75) is 5.92 Å². The van der Waals surface area contributed by atoms with E-state index in [9.17, 15) is 18.4 Å². The lowest BCUT2D eigenvalue weighted by molar-refractivity contribution is -0.161. The largest absolute Gasteiger partial charge is 0.464 e. The molecule has 0 unspecified atom stereocenters. The topological polar surface area (TPSA) is 52.6 Å². The lowest BCUT2D eigenvalue weighted by atomic mass is 10.2. The first kappa shape index (κ1) is 16.5. The molecule has 0 amide bonds. The Balaban J connectivity index is 2.61. The molecule has 0 aliphatic heterocycles. The van der Waals surface area contributed by atoms with Crippen LogP contribution in [0.15, 0.2) is 40.0 Å². The molecule has 20 heavy (non-hydrogen) atoms. The molecule has 0 aliphatic rings. The highest BCUT2D eigenvalue weighted by Crippen LogP contribution is 2.22. The average molecular weight is 396 g/mol. The Hall–Kier alpha value is -1.51. The molecule has 7 heteroatoms. The Labute approximate surface area is 127 Å². The quantitative estimate of drug-likeness (QED) is 0.568. The standard InChI is InChI=1S/C13H11F2IO4/c1-19-12(18)13(14,15)7-10(16)8-20-11(17)9-5-3-2-4-6-9/h2-7H,8H2,1H3/b10-7-. The molecular weight excluding hydrogens is 385 g/mol. The summed E-state index contributed by atoms with van der Waals surface area (Å²) in [5.41, 5.74) is 0.316. The molecule has 1 aromatic rings. The second-order valence-electron chi connectivity index (χ2n) is 3.65. The van der Waals surface area contributed by atoms with Gasteiger partial charge < -0.3 is 9.47 Å². The van der Waals surface area contributed by atoms with Crippen molar-refractivity contribution in [2.24, 2.45) is 0 Å². The summed E-state index contributed by atoms with van der Waals surface area (Å²) < 4.78 is 35.3. The van der Waals surface area contributed by atoms with Crippen molar-refractivity contribution in [2.75, 3.05) is 13.7 Å². The number of hydrogen-bond acceptors (Lipinski definition) is 4. The molecule has 4 nitrogen and oxygen atoms in total. The molecule has 0 heterocycles. The Kier molecular flexibility index (Phi) is 6.05. The monoisotopic (exact) mass is 396 g/mol. The number of alkyl halides is 2. The maximum Gasteiger partial charge on any atom is 0.381 e. The fourth-order valence-electron chi connectivity index (χ4n) is 1.23. The van der Waals surface area contributed by atoms with Crippen molar-refractivity contribution in [3.05, 3.63) is 45.6 Å². The summed E-state index contributed by atoms with van der Waals surface area (Å²) in [6.45, 7) is -0.346. The molecular formula is C13H11F2IO4. The van der Waals surface area contributed by atoms with Gasteiger partial charge in [0.15, 0.2) is 0 Å². The zero-order valence-corrected chi connectivity index (χ0v) is 12.6. The van der Waals surface area contributed by atoms with E-state index in [0.29, 0.717) is 11.6 Å². The van der Waals surface area contributed by atoms with Crippen LogP contribution in [0.4, 0.5) is 8.78 Å². The Bertz CT molecular complexity index is 514. The van der Waals surface area contributed by atoms with Gasteiger partial charge in [-0.25, -0.2) is 9.59 Å². The first-order chi connectivity index (χ1) is 9.36. The number of hydrogen-bond donors (Lipinski definition) is 0. The summed E-state index contributed by atoms with van der Waals surface area (Å²) in [7, 11) is 0.867. The molecule has 0 aromatic heterocycles. The van der Waals surface area contributed by atoms with Gasteiger partial charge in [-0.2, -0.15) is 8.78 Å². The Morgan fingerprint density at radius 1 is 1.30 bits per heavy atom. The smallest absolute Gasteiger partial charge is 0.381 e. The fraction of sp³-hybridized carbons (Fsp3) is 0.231. The summed E-state index contributed by atoms with van der Waals surface area (Å²) in [6, 6.07) is 8.13.